The Morgan fingerprint density at radius 1 is 1.15 bits per heavy atom. The highest BCUT2D eigenvalue weighted by Crippen LogP contribution is 2.25. The molecule has 1 unspecified atom stereocenters. The van der Waals surface area contributed by atoms with Crippen molar-refractivity contribution in [1.29, 1.82) is 0 Å². The Hall–Kier alpha value is -3.54. The fraction of sp³-hybridized carbons (Fsp3) is 0.143. The maximum absolute atomic E-state index is 12.6. The molecule has 0 bridgehead atoms. The summed E-state index contributed by atoms with van der Waals surface area (Å²) in [5.41, 5.74) is 10.4. The van der Waals surface area contributed by atoms with E-state index in [1.165, 1.54) is 6.08 Å². The Balaban J connectivity index is 1.86. The van der Waals surface area contributed by atoms with Crippen LogP contribution in [0.2, 0.25) is 0 Å². The van der Waals surface area contributed by atoms with Crippen LogP contribution in [0.3, 0.4) is 0 Å². The lowest BCUT2D eigenvalue weighted by atomic mass is 9.94. The molecule has 0 aliphatic carbocycles. The smallest absolute Gasteiger partial charge is 0.244 e. The zero-order valence-electron chi connectivity index (χ0n) is 15.3. The van der Waals surface area contributed by atoms with Crippen LogP contribution >= 0.6 is 0 Å². The van der Waals surface area contributed by atoms with Gasteiger partial charge in [0.1, 0.15) is 0 Å². The summed E-state index contributed by atoms with van der Waals surface area (Å²) in [6, 6.07) is 9.73. The second-order valence-corrected chi connectivity index (χ2v) is 6.30. The van der Waals surface area contributed by atoms with E-state index in [9.17, 15) is 4.79 Å². The molecular formula is C21H21N5O. The number of aryl methyl sites for hydroxylation is 2. The molecule has 0 aliphatic heterocycles. The lowest BCUT2D eigenvalue weighted by Crippen LogP contribution is -2.28. The van der Waals surface area contributed by atoms with Gasteiger partial charge in [0.2, 0.25) is 11.9 Å². The topological polar surface area (TPSA) is 93.8 Å². The number of benzene rings is 1. The third-order valence-electron chi connectivity index (χ3n) is 4.17. The zero-order valence-corrected chi connectivity index (χ0v) is 15.3. The van der Waals surface area contributed by atoms with E-state index in [2.05, 4.69) is 38.5 Å². The fourth-order valence-corrected chi connectivity index (χ4v) is 2.75. The van der Waals surface area contributed by atoms with Crippen LogP contribution in [0.1, 0.15) is 33.9 Å². The van der Waals surface area contributed by atoms with E-state index >= 15 is 0 Å². The van der Waals surface area contributed by atoms with Crippen LogP contribution < -0.4 is 11.1 Å². The number of hydrogen-bond donors (Lipinski definition) is 2. The molecule has 6 nitrogen and oxygen atoms in total. The summed E-state index contributed by atoms with van der Waals surface area (Å²) in [5.74, 6) is -0.0234. The van der Waals surface area contributed by atoms with E-state index in [1.807, 2.05) is 26.0 Å². The number of nitrogen functional groups attached to an aromatic ring is 1. The van der Waals surface area contributed by atoms with Crippen molar-refractivity contribution < 1.29 is 4.79 Å². The average Bonchev–Trinajstić information content (AvgIpc) is 2.68. The van der Waals surface area contributed by atoms with Gasteiger partial charge in [0.05, 0.1) is 6.04 Å². The number of nitrogens with two attached hydrogens (primary N) is 1. The van der Waals surface area contributed by atoms with Gasteiger partial charge in [-0.2, -0.15) is 0 Å². The molecular weight excluding hydrogens is 338 g/mol. The number of rotatable bonds is 5. The highest BCUT2D eigenvalue weighted by Gasteiger charge is 2.18. The van der Waals surface area contributed by atoms with Crippen molar-refractivity contribution in [2.75, 3.05) is 5.73 Å². The molecule has 1 aromatic carbocycles. The molecule has 0 spiro atoms. The summed E-state index contributed by atoms with van der Waals surface area (Å²) >= 11 is 0. The molecule has 1 amide bonds. The van der Waals surface area contributed by atoms with Crippen molar-refractivity contribution in [3.05, 3.63) is 89.0 Å². The maximum Gasteiger partial charge on any atom is 0.244 e. The molecule has 0 saturated carbocycles. The second kappa shape index (κ2) is 8.23. The summed E-state index contributed by atoms with van der Waals surface area (Å²) in [4.78, 5) is 24.6. The highest BCUT2D eigenvalue weighted by atomic mass is 16.1. The SMILES string of the molecule is Cc1ccc(C)c(C(NC(=O)/C=C/c2cnc(N)nc2)c2cccnc2)c1. The first-order valence-electron chi connectivity index (χ1n) is 8.56. The Morgan fingerprint density at radius 2 is 1.93 bits per heavy atom. The minimum atomic E-state index is -0.293. The van der Waals surface area contributed by atoms with E-state index in [0.717, 1.165) is 22.3 Å². The lowest BCUT2D eigenvalue weighted by molar-refractivity contribution is -0.116. The minimum absolute atomic E-state index is 0.197. The van der Waals surface area contributed by atoms with Crippen LogP contribution in [-0.2, 0) is 4.79 Å². The van der Waals surface area contributed by atoms with Gasteiger partial charge in [-0.25, -0.2) is 9.97 Å². The van der Waals surface area contributed by atoms with E-state index in [4.69, 9.17) is 5.73 Å². The van der Waals surface area contributed by atoms with E-state index in [1.54, 1.807) is 30.9 Å². The number of carbonyl (C=O) groups is 1. The van der Waals surface area contributed by atoms with Crippen LogP contribution in [0.4, 0.5) is 5.95 Å². The zero-order chi connectivity index (χ0) is 19.2. The van der Waals surface area contributed by atoms with Gasteiger partial charge in [-0.05, 0) is 42.7 Å². The van der Waals surface area contributed by atoms with Gasteiger partial charge in [0.15, 0.2) is 0 Å². The van der Waals surface area contributed by atoms with Crippen LogP contribution in [0, 0.1) is 13.8 Å². The van der Waals surface area contributed by atoms with E-state index in [-0.39, 0.29) is 17.9 Å². The molecule has 136 valence electrons. The summed E-state index contributed by atoms with van der Waals surface area (Å²) < 4.78 is 0. The molecule has 3 aromatic rings. The Morgan fingerprint density at radius 3 is 2.63 bits per heavy atom. The van der Waals surface area contributed by atoms with Gasteiger partial charge in [0.25, 0.3) is 0 Å². The molecule has 2 heterocycles. The second-order valence-electron chi connectivity index (χ2n) is 6.30. The first-order chi connectivity index (χ1) is 13.0. The van der Waals surface area contributed by atoms with E-state index in [0.29, 0.717) is 5.56 Å². The first-order valence-corrected chi connectivity index (χ1v) is 8.56. The largest absolute Gasteiger partial charge is 0.368 e. The standard InChI is InChI=1S/C21H21N5O/c1-14-5-6-15(2)18(10-14)20(17-4-3-9-23-13-17)26-19(27)8-7-16-11-24-21(22)25-12-16/h3-13,20H,1-2H3,(H,26,27)(H2,22,24,25)/b8-7+. The van der Waals surface area contributed by atoms with Gasteiger partial charge >= 0.3 is 0 Å². The minimum Gasteiger partial charge on any atom is -0.368 e. The number of aromatic nitrogens is 3. The van der Waals surface area contributed by atoms with Crippen LogP contribution in [0.15, 0.2) is 61.2 Å². The van der Waals surface area contributed by atoms with Crippen molar-refractivity contribution in [3.63, 3.8) is 0 Å². The number of nitrogens with one attached hydrogen (secondary N) is 1. The predicted octanol–water partition coefficient (Wildman–Crippen LogP) is 2.99. The third-order valence-corrected chi connectivity index (χ3v) is 4.17. The summed E-state index contributed by atoms with van der Waals surface area (Å²) in [5, 5.41) is 3.07. The Labute approximate surface area is 158 Å². The number of anilines is 1. The number of amides is 1. The Kier molecular flexibility index (Phi) is 5.56. The number of hydrogen-bond acceptors (Lipinski definition) is 5. The number of carbonyl (C=O) groups excluding carboxylic acids is 1. The van der Waals surface area contributed by atoms with Gasteiger partial charge < -0.3 is 11.1 Å². The number of pyridine rings is 1. The molecule has 3 rings (SSSR count). The van der Waals surface area contributed by atoms with Gasteiger partial charge in [-0.1, -0.05) is 29.8 Å². The van der Waals surface area contributed by atoms with Crippen LogP contribution in [-0.4, -0.2) is 20.9 Å². The Bertz CT molecular complexity index is 952. The normalized spacial score (nSPS) is 12.1. The summed E-state index contributed by atoms with van der Waals surface area (Å²) in [7, 11) is 0. The van der Waals surface area contributed by atoms with Crippen molar-refractivity contribution >= 4 is 17.9 Å². The van der Waals surface area contributed by atoms with Crippen molar-refractivity contribution in [1.82, 2.24) is 20.3 Å². The third kappa shape index (κ3) is 4.76. The molecule has 3 N–H and O–H groups in total. The van der Waals surface area contributed by atoms with Crippen molar-refractivity contribution in [3.8, 4) is 0 Å². The van der Waals surface area contributed by atoms with Crippen LogP contribution in [0.25, 0.3) is 6.08 Å². The molecule has 6 heteroatoms. The lowest BCUT2D eigenvalue weighted by Gasteiger charge is -2.21. The summed E-state index contributed by atoms with van der Waals surface area (Å²) in [6.45, 7) is 4.07. The number of nitrogens with zero attached hydrogens (tertiary/aromatic N) is 3. The molecule has 0 saturated heterocycles. The molecule has 2 aromatic heterocycles. The van der Waals surface area contributed by atoms with Gasteiger partial charge in [0, 0.05) is 36.4 Å². The first kappa shape index (κ1) is 18.3. The highest BCUT2D eigenvalue weighted by molar-refractivity contribution is 5.92. The predicted molar refractivity (Wildman–Crippen MR) is 106 cm³/mol. The molecule has 27 heavy (non-hydrogen) atoms. The average molecular weight is 359 g/mol. The monoisotopic (exact) mass is 359 g/mol. The molecule has 0 fully saturated rings. The fourth-order valence-electron chi connectivity index (χ4n) is 2.75. The van der Waals surface area contributed by atoms with Crippen molar-refractivity contribution in [2.24, 2.45) is 0 Å². The molecule has 1 atom stereocenters. The molecule has 0 radical (unpaired) electrons. The van der Waals surface area contributed by atoms with Gasteiger partial charge in [-0.15, -0.1) is 0 Å². The maximum atomic E-state index is 12.6. The summed E-state index contributed by atoms with van der Waals surface area (Å²) in [6.07, 6.45) is 9.73. The van der Waals surface area contributed by atoms with Crippen molar-refractivity contribution in [2.45, 2.75) is 19.9 Å². The molecule has 0 aliphatic rings. The van der Waals surface area contributed by atoms with Gasteiger partial charge in [-0.3, -0.25) is 9.78 Å². The van der Waals surface area contributed by atoms with Crippen LogP contribution in [0.5, 0.6) is 0 Å². The quantitative estimate of drug-likeness (QED) is 0.683. The van der Waals surface area contributed by atoms with E-state index < -0.39 is 0 Å².